The van der Waals surface area contributed by atoms with E-state index in [-0.39, 0.29) is 12.0 Å². The molecule has 0 aromatic rings. The lowest BCUT2D eigenvalue weighted by molar-refractivity contribution is -0.121. The molecular formula is C12H22N2O2. The van der Waals surface area contributed by atoms with Gasteiger partial charge < -0.3 is 15.4 Å². The van der Waals surface area contributed by atoms with Crippen LogP contribution in [-0.4, -0.2) is 37.7 Å². The van der Waals surface area contributed by atoms with Gasteiger partial charge in [0.1, 0.15) is 0 Å². The molecule has 0 spiro atoms. The van der Waals surface area contributed by atoms with Crippen molar-refractivity contribution >= 4 is 5.91 Å². The second-order valence-electron chi connectivity index (χ2n) is 4.77. The quantitative estimate of drug-likeness (QED) is 0.729. The maximum atomic E-state index is 11.6. The summed E-state index contributed by atoms with van der Waals surface area (Å²) >= 11 is 0. The minimum atomic E-state index is 0.171. The second-order valence-corrected chi connectivity index (χ2v) is 4.77. The fourth-order valence-corrected chi connectivity index (χ4v) is 2.43. The number of rotatable bonds is 5. The summed E-state index contributed by atoms with van der Waals surface area (Å²) in [6.07, 6.45) is 6.56. The zero-order valence-electron chi connectivity index (χ0n) is 9.84. The molecule has 2 heterocycles. The third kappa shape index (κ3) is 3.76. The van der Waals surface area contributed by atoms with Crippen LogP contribution in [0.25, 0.3) is 0 Å². The van der Waals surface area contributed by atoms with E-state index in [1.54, 1.807) is 0 Å². The average Bonchev–Trinajstić information content (AvgIpc) is 2.96. The maximum Gasteiger partial charge on any atom is 0.220 e. The summed E-state index contributed by atoms with van der Waals surface area (Å²) in [5.41, 5.74) is 0. The fraction of sp³-hybridized carbons (Fsp3) is 0.917. The Labute approximate surface area is 97.1 Å². The van der Waals surface area contributed by atoms with Crippen LogP contribution >= 0.6 is 0 Å². The van der Waals surface area contributed by atoms with Gasteiger partial charge in [-0.15, -0.1) is 0 Å². The number of carbonyl (C=O) groups excluding carboxylic acids is 1. The Balaban J connectivity index is 1.53. The molecule has 2 rings (SSSR count). The third-order valence-electron chi connectivity index (χ3n) is 3.43. The van der Waals surface area contributed by atoms with E-state index >= 15 is 0 Å². The molecule has 2 aliphatic heterocycles. The molecule has 2 fully saturated rings. The van der Waals surface area contributed by atoms with E-state index in [1.807, 2.05) is 0 Å². The molecule has 1 amide bonds. The Kier molecular flexibility index (Phi) is 4.60. The molecule has 0 aliphatic carbocycles. The average molecular weight is 226 g/mol. The largest absolute Gasteiger partial charge is 0.376 e. The van der Waals surface area contributed by atoms with Crippen LogP contribution in [0.15, 0.2) is 0 Å². The Hall–Kier alpha value is -0.610. The first-order chi connectivity index (χ1) is 7.84. The summed E-state index contributed by atoms with van der Waals surface area (Å²) in [7, 11) is 0. The lowest BCUT2D eigenvalue weighted by Crippen LogP contribution is -2.33. The first-order valence-electron chi connectivity index (χ1n) is 6.46. The number of hydrogen-bond donors (Lipinski definition) is 2. The topological polar surface area (TPSA) is 50.4 Å². The van der Waals surface area contributed by atoms with E-state index in [0.717, 1.165) is 32.4 Å². The summed E-state index contributed by atoms with van der Waals surface area (Å²) in [5.74, 6) is 0.171. The van der Waals surface area contributed by atoms with Crippen LogP contribution in [-0.2, 0) is 9.53 Å². The van der Waals surface area contributed by atoms with Crippen LogP contribution in [0, 0.1) is 0 Å². The molecule has 4 heteroatoms. The highest BCUT2D eigenvalue weighted by Gasteiger charge is 2.18. The van der Waals surface area contributed by atoms with Crippen molar-refractivity contribution in [3.63, 3.8) is 0 Å². The van der Waals surface area contributed by atoms with Gasteiger partial charge in [0.15, 0.2) is 0 Å². The summed E-state index contributed by atoms with van der Waals surface area (Å²) in [6, 6.07) is 0.563. The Morgan fingerprint density at radius 1 is 1.38 bits per heavy atom. The van der Waals surface area contributed by atoms with Crippen LogP contribution in [0.2, 0.25) is 0 Å². The van der Waals surface area contributed by atoms with E-state index in [1.165, 1.54) is 12.8 Å². The second kappa shape index (κ2) is 6.21. The molecule has 0 radical (unpaired) electrons. The highest BCUT2D eigenvalue weighted by molar-refractivity contribution is 5.75. The maximum absolute atomic E-state index is 11.6. The van der Waals surface area contributed by atoms with Crippen LogP contribution in [0.1, 0.15) is 38.5 Å². The van der Waals surface area contributed by atoms with Gasteiger partial charge in [-0.1, -0.05) is 0 Å². The fourth-order valence-electron chi connectivity index (χ4n) is 2.43. The molecule has 2 saturated heterocycles. The lowest BCUT2D eigenvalue weighted by atomic mass is 10.1. The van der Waals surface area contributed by atoms with Crippen molar-refractivity contribution in [3.05, 3.63) is 0 Å². The van der Waals surface area contributed by atoms with E-state index in [9.17, 15) is 4.79 Å². The molecule has 2 atom stereocenters. The first kappa shape index (κ1) is 11.9. The van der Waals surface area contributed by atoms with Gasteiger partial charge in [-0.05, 0) is 38.6 Å². The molecule has 2 N–H and O–H groups in total. The number of hydrogen-bond acceptors (Lipinski definition) is 3. The van der Waals surface area contributed by atoms with Crippen molar-refractivity contribution in [1.29, 1.82) is 0 Å². The van der Waals surface area contributed by atoms with Crippen molar-refractivity contribution < 1.29 is 9.53 Å². The van der Waals surface area contributed by atoms with Gasteiger partial charge in [0.2, 0.25) is 5.91 Å². The summed E-state index contributed by atoms with van der Waals surface area (Å²) < 4.78 is 5.45. The van der Waals surface area contributed by atoms with E-state index in [2.05, 4.69) is 10.6 Å². The predicted molar refractivity (Wildman–Crippen MR) is 62.2 cm³/mol. The van der Waals surface area contributed by atoms with Crippen LogP contribution < -0.4 is 10.6 Å². The van der Waals surface area contributed by atoms with Gasteiger partial charge in [0, 0.05) is 25.6 Å². The molecule has 2 aliphatic rings. The van der Waals surface area contributed by atoms with E-state index < -0.39 is 0 Å². The number of amides is 1. The van der Waals surface area contributed by atoms with Gasteiger partial charge in [-0.3, -0.25) is 4.79 Å². The van der Waals surface area contributed by atoms with Gasteiger partial charge >= 0.3 is 0 Å². The molecule has 0 aromatic heterocycles. The standard InChI is InChI=1S/C12H22N2O2/c15-12(6-5-10-3-1-7-13-10)14-9-11-4-2-8-16-11/h10-11,13H,1-9H2,(H,14,15). The molecule has 4 nitrogen and oxygen atoms in total. The predicted octanol–water partition coefficient (Wildman–Crippen LogP) is 0.814. The van der Waals surface area contributed by atoms with Crippen molar-refractivity contribution in [2.45, 2.75) is 50.7 Å². The normalized spacial score (nSPS) is 29.5. The van der Waals surface area contributed by atoms with E-state index in [4.69, 9.17) is 4.74 Å². The monoisotopic (exact) mass is 226 g/mol. The van der Waals surface area contributed by atoms with Crippen molar-refractivity contribution in [2.24, 2.45) is 0 Å². The molecular weight excluding hydrogens is 204 g/mol. The smallest absolute Gasteiger partial charge is 0.220 e. The Bertz CT molecular complexity index is 199. The van der Waals surface area contributed by atoms with Crippen LogP contribution in [0.3, 0.4) is 0 Å². The van der Waals surface area contributed by atoms with Gasteiger partial charge in [-0.25, -0.2) is 0 Å². The summed E-state index contributed by atoms with van der Waals surface area (Å²) in [5, 5.41) is 6.36. The van der Waals surface area contributed by atoms with Gasteiger partial charge in [0.25, 0.3) is 0 Å². The summed E-state index contributed by atoms with van der Waals surface area (Å²) in [4.78, 5) is 11.6. The first-order valence-corrected chi connectivity index (χ1v) is 6.46. The number of carbonyl (C=O) groups is 1. The zero-order chi connectivity index (χ0) is 11.2. The molecule has 2 unspecified atom stereocenters. The van der Waals surface area contributed by atoms with Crippen molar-refractivity contribution in [2.75, 3.05) is 19.7 Å². The highest BCUT2D eigenvalue weighted by atomic mass is 16.5. The Morgan fingerprint density at radius 2 is 2.31 bits per heavy atom. The van der Waals surface area contributed by atoms with Crippen molar-refractivity contribution in [3.8, 4) is 0 Å². The number of nitrogens with one attached hydrogen (secondary N) is 2. The zero-order valence-corrected chi connectivity index (χ0v) is 9.84. The Morgan fingerprint density at radius 3 is 3.00 bits per heavy atom. The van der Waals surface area contributed by atoms with E-state index in [0.29, 0.717) is 19.0 Å². The molecule has 0 saturated carbocycles. The molecule has 16 heavy (non-hydrogen) atoms. The molecule has 0 bridgehead atoms. The third-order valence-corrected chi connectivity index (χ3v) is 3.43. The van der Waals surface area contributed by atoms with Crippen LogP contribution in [0.5, 0.6) is 0 Å². The molecule has 92 valence electrons. The van der Waals surface area contributed by atoms with Gasteiger partial charge in [0.05, 0.1) is 6.10 Å². The van der Waals surface area contributed by atoms with Gasteiger partial charge in [-0.2, -0.15) is 0 Å². The summed E-state index contributed by atoms with van der Waals surface area (Å²) in [6.45, 7) is 2.66. The van der Waals surface area contributed by atoms with Crippen LogP contribution in [0.4, 0.5) is 0 Å². The highest BCUT2D eigenvalue weighted by Crippen LogP contribution is 2.12. The SMILES string of the molecule is O=C(CCC1CCCN1)NCC1CCCO1. The minimum Gasteiger partial charge on any atom is -0.376 e. The lowest BCUT2D eigenvalue weighted by Gasteiger charge is -2.12. The van der Waals surface area contributed by atoms with Crippen molar-refractivity contribution in [1.82, 2.24) is 10.6 Å². The molecule has 0 aromatic carbocycles. The number of ether oxygens (including phenoxy) is 1. The minimum absolute atomic E-state index is 0.171.